The smallest absolute Gasteiger partial charge is 0.134 e. The van der Waals surface area contributed by atoms with E-state index in [-0.39, 0.29) is 0 Å². The van der Waals surface area contributed by atoms with E-state index in [0.717, 1.165) is 134 Å². The summed E-state index contributed by atoms with van der Waals surface area (Å²) >= 11 is 0. The monoisotopic (exact) mass is 1070 g/mol. The molecule has 1 atom stereocenters. The van der Waals surface area contributed by atoms with E-state index >= 15 is 0 Å². The standard InChI is InChI=1S/C76H45N7O/c1-8-24-62-50(16-1)51-17-2-9-25-63(51)80(62)48-33-34-58-73(43-48)84-72-36-32-47(41-60(72)76(58)59-23-15-38-78-74(59)75-61(76)42-49(44-79-75)81-64-26-10-3-18-52(64)53-19-4-11-27-65(53)81)46-31-35-69-57(40-46)56-22-7-14-30-68(56)83(69)71-45-77-39-37-70(71)82-66-28-12-5-20-54(66)55-21-6-13-29-67(55)82/h1-45H. The third kappa shape index (κ3) is 5.97. The zero-order valence-electron chi connectivity index (χ0n) is 45.0. The second-order valence-corrected chi connectivity index (χ2v) is 22.3. The minimum Gasteiger partial charge on any atom is -0.457 e. The van der Waals surface area contributed by atoms with E-state index in [4.69, 9.17) is 19.7 Å². The van der Waals surface area contributed by atoms with Crippen LogP contribution in [-0.2, 0) is 5.41 Å². The topological polar surface area (TPSA) is 67.6 Å². The maximum absolute atomic E-state index is 7.37. The zero-order valence-corrected chi connectivity index (χ0v) is 45.0. The van der Waals surface area contributed by atoms with Crippen LogP contribution in [0.4, 0.5) is 0 Å². The van der Waals surface area contributed by atoms with Gasteiger partial charge >= 0.3 is 0 Å². The minimum absolute atomic E-state index is 0.780. The highest BCUT2D eigenvalue weighted by Gasteiger charge is 2.53. The first-order valence-electron chi connectivity index (χ1n) is 28.6. The first kappa shape index (κ1) is 45.4. The third-order valence-corrected chi connectivity index (χ3v) is 18.2. The Labute approximate surface area is 480 Å². The van der Waals surface area contributed by atoms with Crippen LogP contribution in [0.3, 0.4) is 0 Å². The Morgan fingerprint density at radius 2 is 0.774 bits per heavy atom. The molecule has 1 aliphatic carbocycles. The molecule has 10 aromatic carbocycles. The highest BCUT2D eigenvalue weighted by Crippen LogP contribution is 2.62. The van der Waals surface area contributed by atoms with E-state index in [2.05, 4.69) is 267 Å². The van der Waals surface area contributed by atoms with Gasteiger partial charge in [0.1, 0.15) is 11.5 Å². The van der Waals surface area contributed by atoms with Gasteiger partial charge in [-0.1, -0.05) is 152 Å². The Hall–Kier alpha value is -11.4. The van der Waals surface area contributed by atoms with Gasteiger partial charge in [-0.25, -0.2) is 0 Å². The molecule has 0 radical (unpaired) electrons. The molecule has 0 fully saturated rings. The summed E-state index contributed by atoms with van der Waals surface area (Å²) in [7, 11) is 0. The fraction of sp³-hybridized carbons (Fsp3) is 0.0132. The van der Waals surface area contributed by atoms with Crippen LogP contribution in [0.2, 0.25) is 0 Å². The summed E-state index contributed by atoms with van der Waals surface area (Å²) in [6, 6.07) is 90.2. The van der Waals surface area contributed by atoms with Crippen molar-refractivity contribution in [3.63, 3.8) is 0 Å². The average Bonchev–Trinajstić information content (AvgIpc) is 1.56. The van der Waals surface area contributed by atoms with E-state index in [1.165, 1.54) is 32.3 Å². The molecule has 1 unspecified atom stereocenters. The fourth-order valence-corrected chi connectivity index (χ4v) is 14.8. The molecule has 8 heteroatoms. The predicted molar refractivity (Wildman–Crippen MR) is 340 cm³/mol. The van der Waals surface area contributed by atoms with Crippen LogP contribution in [0.5, 0.6) is 11.5 Å². The lowest BCUT2D eigenvalue weighted by atomic mass is 9.66. The molecule has 19 rings (SSSR count). The van der Waals surface area contributed by atoms with Crippen molar-refractivity contribution in [2.75, 3.05) is 0 Å². The third-order valence-electron chi connectivity index (χ3n) is 18.2. The predicted octanol–water partition coefficient (Wildman–Crippen LogP) is 18.4. The van der Waals surface area contributed by atoms with E-state index in [9.17, 15) is 0 Å². The number of benzene rings is 10. The number of para-hydroxylation sites is 7. The van der Waals surface area contributed by atoms with Crippen molar-refractivity contribution in [1.82, 2.24) is 33.2 Å². The Bertz CT molecular complexity index is 5540. The molecule has 0 bridgehead atoms. The van der Waals surface area contributed by atoms with Gasteiger partial charge in [-0.15, -0.1) is 0 Å². The zero-order chi connectivity index (χ0) is 54.8. The van der Waals surface area contributed by atoms with Crippen LogP contribution in [0.15, 0.2) is 274 Å². The lowest BCUT2D eigenvalue weighted by molar-refractivity contribution is 0.436. The van der Waals surface area contributed by atoms with Gasteiger partial charge in [0.25, 0.3) is 0 Å². The lowest BCUT2D eigenvalue weighted by Crippen LogP contribution is -2.32. The van der Waals surface area contributed by atoms with Crippen molar-refractivity contribution >= 4 is 87.2 Å². The molecule has 2 aliphatic rings. The molecule has 0 saturated heterocycles. The molecule has 1 aliphatic heterocycles. The van der Waals surface area contributed by atoms with Gasteiger partial charge < -0.3 is 23.0 Å². The Morgan fingerprint density at radius 3 is 1.37 bits per heavy atom. The van der Waals surface area contributed by atoms with Gasteiger partial charge in [0.15, 0.2) is 0 Å². The van der Waals surface area contributed by atoms with Crippen LogP contribution in [0.25, 0.3) is 132 Å². The normalized spacial score (nSPS) is 14.3. The number of nitrogens with zero attached hydrogens (tertiary/aromatic N) is 7. The van der Waals surface area contributed by atoms with Crippen LogP contribution >= 0.6 is 0 Å². The maximum Gasteiger partial charge on any atom is 0.134 e. The highest BCUT2D eigenvalue weighted by molar-refractivity contribution is 6.13. The summed E-state index contributed by atoms with van der Waals surface area (Å²) in [5.41, 5.74) is 20.2. The van der Waals surface area contributed by atoms with Gasteiger partial charge in [-0.3, -0.25) is 15.0 Å². The minimum atomic E-state index is -0.900. The molecular formula is C76H45N7O. The fourth-order valence-electron chi connectivity index (χ4n) is 14.8. The van der Waals surface area contributed by atoms with Crippen molar-refractivity contribution in [2.24, 2.45) is 0 Å². The van der Waals surface area contributed by atoms with Crippen LogP contribution in [-0.4, -0.2) is 33.2 Å². The Kier molecular flexibility index (Phi) is 9.11. The summed E-state index contributed by atoms with van der Waals surface area (Å²) in [4.78, 5) is 15.5. The molecule has 84 heavy (non-hydrogen) atoms. The van der Waals surface area contributed by atoms with E-state index in [1.807, 2.05) is 24.8 Å². The first-order chi connectivity index (χ1) is 41.7. The van der Waals surface area contributed by atoms with E-state index < -0.39 is 5.41 Å². The number of ether oxygens (including phenoxy) is 1. The first-order valence-corrected chi connectivity index (χ1v) is 28.6. The number of hydrogen-bond acceptors (Lipinski definition) is 4. The van der Waals surface area contributed by atoms with Gasteiger partial charge in [-0.05, 0) is 108 Å². The summed E-state index contributed by atoms with van der Waals surface area (Å²) < 4.78 is 16.9. The molecule has 0 saturated carbocycles. The largest absolute Gasteiger partial charge is 0.457 e. The van der Waals surface area contributed by atoms with Crippen LogP contribution < -0.4 is 4.74 Å². The van der Waals surface area contributed by atoms with Gasteiger partial charge in [-0.2, -0.15) is 0 Å². The maximum atomic E-state index is 7.37. The highest BCUT2D eigenvalue weighted by atomic mass is 16.5. The van der Waals surface area contributed by atoms with Gasteiger partial charge in [0.05, 0.1) is 90.4 Å². The summed E-state index contributed by atoms with van der Waals surface area (Å²) in [6.45, 7) is 0. The van der Waals surface area contributed by atoms with E-state index in [0.29, 0.717) is 0 Å². The molecule has 8 nitrogen and oxygen atoms in total. The second kappa shape index (κ2) is 16.9. The molecule has 0 amide bonds. The van der Waals surface area contributed by atoms with Crippen molar-refractivity contribution in [3.05, 3.63) is 296 Å². The summed E-state index contributed by atoms with van der Waals surface area (Å²) in [5.74, 6) is 1.56. The quantitative estimate of drug-likeness (QED) is 0.172. The molecule has 1 spiro atoms. The number of aromatic nitrogens is 7. The molecule has 390 valence electrons. The number of fused-ring (bicyclic) bond motifs is 21. The molecule has 7 aromatic heterocycles. The molecular weight excluding hydrogens is 1030 g/mol. The van der Waals surface area contributed by atoms with Crippen LogP contribution in [0.1, 0.15) is 22.3 Å². The van der Waals surface area contributed by atoms with Crippen molar-refractivity contribution in [2.45, 2.75) is 5.41 Å². The second-order valence-electron chi connectivity index (χ2n) is 22.3. The average molecular weight is 1070 g/mol. The summed E-state index contributed by atoms with van der Waals surface area (Å²) in [6.07, 6.45) is 7.85. The van der Waals surface area contributed by atoms with Crippen molar-refractivity contribution in [3.8, 4) is 56.8 Å². The number of hydrogen-bond donors (Lipinski definition) is 0. The lowest BCUT2D eigenvalue weighted by Gasteiger charge is -2.39. The van der Waals surface area contributed by atoms with Crippen molar-refractivity contribution in [1.29, 1.82) is 0 Å². The van der Waals surface area contributed by atoms with Gasteiger partial charge in [0.2, 0.25) is 0 Å². The molecule has 17 aromatic rings. The van der Waals surface area contributed by atoms with E-state index in [1.54, 1.807) is 0 Å². The SMILES string of the molecule is c1cnc2c(c1)C1(c3ccc(-n4c5ccccc5c5ccccc54)cc3Oc3ccc(-c4ccc5c(c4)c4ccccc4n5-c4cnccc4-n4c5ccccc5c5ccccc54)cc31)c1cc(-n3c4ccccc4c4ccccc43)cnc1-2. The number of rotatable bonds is 5. The molecule has 8 heterocycles. The van der Waals surface area contributed by atoms with Crippen molar-refractivity contribution < 1.29 is 4.74 Å². The Balaban J connectivity index is 0.843. The Morgan fingerprint density at radius 1 is 0.286 bits per heavy atom. The number of pyridine rings is 3. The molecule has 0 N–H and O–H groups in total. The van der Waals surface area contributed by atoms with Crippen LogP contribution in [0, 0.1) is 0 Å². The van der Waals surface area contributed by atoms with Gasteiger partial charge in [0, 0.05) is 83.9 Å². The summed E-state index contributed by atoms with van der Waals surface area (Å²) in [5, 5.41) is 9.54.